The highest BCUT2D eigenvalue weighted by atomic mass is 19.2. The molecule has 1 aromatic carbocycles. The van der Waals surface area contributed by atoms with E-state index in [1.807, 2.05) is 0 Å². The molecule has 0 aliphatic heterocycles. The number of hydrogen-bond donors (Lipinski definition) is 1. The maximum Gasteiger partial charge on any atom is 0.159 e. The van der Waals surface area contributed by atoms with Gasteiger partial charge in [-0.3, -0.25) is 0 Å². The molecular weight excluding hydrogens is 224 g/mol. The maximum atomic E-state index is 13.0. The second kappa shape index (κ2) is 6.67. The summed E-state index contributed by atoms with van der Waals surface area (Å²) in [6.07, 6.45) is 0. The van der Waals surface area contributed by atoms with Gasteiger partial charge < -0.3 is 10.1 Å². The van der Waals surface area contributed by atoms with Gasteiger partial charge in [-0.2, -0.15) is 0 Å². The zero-order valence-electron chi connectivity index (χ0n) is 10.5. The fourth-order valence-corrected chi connectivity index (χ4v) is 1.57. The van der Waals surface area contributed by atoms with Crippen LogP contribution in [0.5, 0.6) is 0 Å². The van der Waals surface area contributed by atoms with Crippen LogP contribution in [-0.2, 0) is 11.3 Å². The Kier molecular flexibility index (Phi) is 5.51. The number of methoxy groups -OCH3 is 1. The number of rotatable bonds is 6. The lowest BCUT2D eigenvalue weighted by Crippen LogP contribution is -2.37. The van der Waals surface area contributed by atoms with Crippen molar-refractivity contribution < 1.29 is 13.5 Å². The van der Waals surface area contributed by atoms with Crippen LogP contribution in [-0.4, -0.2) is 19.8 Å². The Morgan fingerprint density at radius 3 is 2.47 bits per heavy atom. The Bertz CT molecular complexity index is 355. The molecule has 96 valence electrons. The van der Waals surface area contributed by atoms with Crippen LogP contribution < -0.4 is 5.32 Å². The third kappa shape index (κ3) is 4.40. The van der Waals surface area contributed by atoms with Gasteiger partial charge in [-0.15, -0.1) is 0 Å². The Morgan fingerprint density at radius 1 is 1.24 bits per heavy atom. The minimum Gasteiger partial charge on any atom is -0.383 e. The first kappa shape index (κ1) is 14.1. The first-order valence-electron chi connectivity index (χ1n) is 5.70. The highest BCUT2D eigenvalue weighted by Gasteiger charge is 2.12. The third-order valence-electron chi connectivity index (χ3n) is 2.70. The molecule has 0 bridgehead atoms. The normalized spacial score (nSPS) is 13.1. The van der Waals surface area contributed by atoms with Crippen molar-refractivity contribution in [2.45, 2.75) is 26.4 Å². The zero-order valence-corrected chi connectivity index (χ0v) is 10.5. The van der Waals surface area contributed by atoms with Gasteiger partial charge in [0.2, 0.25) is 0 Å². The minimum atomic E-state index is -0.814. The Labute approximate surface area is 101 Å². The molecular formula is C13H19F2NO. The van der Waals surface area contributed by atoms with E-state index in [0.717, 1.165) is 11.6 Å². The van der Waals surface area contributed by atoms with Crippen LogP contribution in [0.3, 0.4) is 0 Å². The summed E-state index contributed by atoms with van der Waals surface area (Å²) in [7, 11) is 1.65. The van der Waals surface area contributed by atoms with Crippen LogP contribution in [0.25, 0.3) is 0 Å². The largest absolute Gasteiger partial charge is 0.383 e. The summed E-state index contributed by atoms with van der Waals surface area (Å²) in [6.45, 7) is 5.27. The van der Waals surface area contributed by atoms with Crippen LogP contribution in [0, 0.1) is 17.6 Å². The van der Waals surface area contributed by atoms with Gasteiger partial charge in [0.25, 0.3) is 0 Å². The molecule has 0 aromatic heterocycles. The molecule has 17 heavy (non-hydrogen) atoms. The highest BCUT2D eigenvalue weighted by Crippen LogP contribution is 2.09. The smallest absolute Gasteiger partial charge is 0.159 e. The van der Waals surface area contributed by atoms with Gasteiger partial charge in [0.05, 0.1) is 6.61 Å². The quantitative estimate of drug-likeness (QED) is 0.829. The number of nitrogens with one attached hydrogen (secondary N) is 1. The molecule has 0 fully saturated rings. The molecule has 0 spiro atoms. The minimum absolute atomic E-state index is 0.202. The molecule has 1 unspecified atom stereocenters. The lowest BCUT2D eigenvalue weighted by atomic mass is 10.0. The van der Waals surface area contributed by atoms with Crippen LogP contribution in [0.15, 0.2) is 18.2 Å². The van der Waals surface area contributed by atoms with E-state index in [9.17, 15) is 8.78 Å². The first-order valence-corrected chi connectivity index (χ1v) is 5.70. The number of ether oxygens (including phenoxy) is 1. The maximum absolute atomic E-state index is 13.0. The van der Waals surface area contributed by atoms with Gasteiger partial charge >= 0.3 is 0 Å². The molecule has 0 heterocycles. The number of hydrogen-bond acceptors (Lipinski definition) is 2. The Morgan fingerprint density at radius 2 is 1.94 bits per heavy atom. The van der Waals surface area contributed by atoms with E-state index in [1.54, 1.807) is 13.2 Å². The van der Waals surface area contributed by atoms with Gasteiger partial charge in [-0.05, 0) is 23.6 Å². The molecule has 0 radical (unpaired) electrons. The van der Waals surface area contributed by atoms with Gasteiger partial charge in [0.15, 0.2) is 11.6 Å². The fourth-order valence-electron chi connectivity index (χ4n) is 1.57. The van der Waals surface area contributed by atoms with Gasteiger partial charge in [-0.25, -0.2) is 8.78 Å². The molecule has 1 atom stereocenters. The SMILES string of the molecule is COCC(NCc1ccc(F)c(F)c1)C(C)C. The van der Waals surface area contributed by atoms with E-state index < -0.39 is 11.6 Å². The van der Waals surface area contributed by atoms with E-state index >= 15 is 0 Å². The molecule has 1 rings (SSSR count). The summed E-state index contributed by atoms with van der Waals surface area (Å²) < 4.78 is 30.8. The van der Waals surface area contributed by atoms with Crippen LogP contribution in [0.1, 0.15) is 19.4 Å². The van der Waals surface area contributed by atoms with Crippen molar-refractivity contribution in [1.82, 2.24) is 5.32 Å². The fraction of sp³-hybridized carbons (Fsp3) is 0.538. The van der Waals surface area contributed by atoms with Crippen molar-refractivity contribution in [3.8, 4) is 0 Å². The average Bonchev–Trinajstić information content (AvgIpc) is 2.28. The molecule has 0 saturated heterocycles. The van der Waals surface area contributed by atoms with E-state index in [2.05, 4.69) is 19.2 Å². The standard InChI is InChI=1S/C13H19F2NO/c1-9(2)13(8-17-3)16-7-10-4-5-11(14)12(15)6-10/h4-6,9,13,16H,7-8H2,1-3H3. The van der Waals surface area contributed by atoms with Crippen molar-refractivity contribution in [2.24, 2.45) is 5.92 Å². The van der Waals surface area contributed by atoms with Crippen LogP contribution >= 0.6 is 0 Å². The van der Waals surface area contributed by atoms with E-state index in [0.29, 0.717) is 19.1 Å². The molecule has 0 amide bonds. The predicted molar refractivity (Wildman–Crippen MR) is 63.7 cm³/mol. The Balaban J connectivity index is 2.56. The van der Waals surface area contributed by atoms with E-state index in [4.69, 9.17) is 4.74 Å². The van der Waals surface area contributed by atoms with Crippen LogP contribution in [0.4, 0.5) is 8.78 Å². The summed E-state index contributed by atoms with van der Waals surface area (Å²) in [4.78, 5) is 0. The molecule has 1 aromatic rings. The zero-order chi connectivity index (χ0) is 12.8. The van der Waals surface area contributed by atoms with Crippen molar-refractivity contribution in [3.63, 3.8) is 0 Å². The summed E-state index contributed by atoms with van der Waals surface area (Å²) in [5, 5.41) is 3.27. The third-order valence-corrected chi connectivity index (χ3v) is 2.70. The first-order chi connectivity index (χ1) is 8.04. The second-order valence-corrected chi connectivity index (χ2v) is 4.44. The molecule has 4 heteroatoms. The lowest BCUT2D eigenvalue weighted by Gasteiger charge is -2.21. The van der Waals surface area contributed by atoms with Gasteiger partial charge in [0.1, 0.15) is 0 Å². The second-order valence-electron chi connectivity index (χ2n) is 4.44. The molecule has 1 N–H and O–H groups in total. The monoisotopic (exact) mass is 243 g/mol. The predicted octanol–water partition coefficient (Wildman–Crippen LogP) is 2.73. The average molecular weight is 243 g/mol. The van der Waals surface area contributed by atoms with Crippen molar-refractivity contribution in [1.29, 1.82) is 0 Å². The number of benzene rings is 1. The number of halogens is 2. The summed E-state index contributed by atoms with van der Waals surface area (Å²) in [5.74, 6) is -1.21. The highest BCUT2D eigenvalue weighted by molar-refractivity contribution is 5.17. The summed E-state index contributed by atoms with van der Waals surface area (Å²) >= 11 is 0. The molecule has 2 nitrogen and oxygen atoms in total. The summed E-state index contributed by atoms with van der Waals surface area (Å²) in [6, 6.07) is 4.14. The molecule has 0 aliphatic carbocycles. The molecule has 0 saturated carbocycles. The Hall–Kier alpha value is -1.00. The van der Waals surface area contributed by atoms with Gasteiger partial charge in [-0.1, -0.05) is 19.9 Å². The summed E-state index contributed by atoms with van der Waals surface area (Å²) in [5.41, 5.74) is 0.727. The van der Waals surface area contributed by atoms with Crippen molar-refractivity contribution in [2.75, 3.05) is 13.7 Å². The topological polar surface area (TPSA) is 21.3 Å². The molecule has 0 aliphatic rings. The lowest BCUT2D eigenvalue weighted by molar-refractivity contribution is 0.146. The van der Waals surface area contributed by atoms with Gasteiger partial charge in [0, 0.05) is 19.7 Å². The van der Waals surface area contributed by atoms with E-state index in [-0.39, 0.29) is 6.04 Å². The van der Waals surface area contributed by atoms with E-state index in [1.165, 1.54) is 6.07 Å². The van der Waals surface area contributed by atoms with Crippen LogP contribution in [0.2, 0.25) is 0 Å². The van der Waals surface area contributed by atoms with Crippen molar-refractivity contribution in [3.05, 3.63) is 35.4 Å². The van der Waals surface area contributed by atoms with Crippen molar-refractivity contribution >= 4 is 0 Å².